The second kappa shape index (κ2) is 8.46. The van der Waals surface area contributed by atoms with E-state index in [2.05, 4.69) is 5.32 Å². The van der Waals surface area contributed by atoms with Crippen molar-refractivity contribution >= 4 is 23.6 Å². The first-order chi connectivity index (χ1) is 9.90. The SMILES string of the molecule is CC(Oc1ccc(F)c(F)c1)C(=O)NCCSCC(=O)O. The highest BCUT2D eigenvalue weighted by atomic mass is 32.2. The molecule has 1 atom stereocenters. The van der Waals surface area contributed by atoms with Gasteiger partial charge >= 0.3 is 5.97 Å². The summed E-state index contributed by atoms with van der Waals surface area (Å²) >= 11 is 1.18. The maximum absolute atomic E-state index is 13.0. The molecule has 0 aromatic heterocycles. The highest BCUT2D eigenvalue weighted by Gasteiger charge is 2.15. The summed E-state index contributed by atoms with van der Waals surface area (Å²) in [5, 5.41) is 11.0. The van der Waals surface area contributed by atoms with Crippen molar-refractivity contribution in [3.8, 4) is 5.75 Å². The van der Waals surface area contributed by atoms with Gasteiger partial charge in [-0.15, -0.1) is 11.8 Å². The van der Waals surface area contributed by atoms with Crippen LogP contribution in [0.3, 0.4) is 0 Å². The standard InChI is InChI=1S/C13H15F2NO4S/c1-8(13(19)16-4-5-21-7-12(17)18)20-9-2-3-10(14)11(15)6-9/h2-3,6,8H,4-5,7H2,1H3,(H,16,19)(H,17,18). The molecule has 1 unspecified atom stereocenters. The average Bonchev–Trinajstić information content (AvgIpc) is 2.42. The second-order valence-electron chi connectivity index (χ2n) is 4.07. The molecular formula is C13H15F2NO4S. The van der Waals surface area contributed by atoms with Gasteiger partial charge in [0.15, 0.2) is 17.7 Å². The maximum atomic E-state index is 13.0. The van der Waals surface area contributed by atoms with Crippen LogP contribution in [0.4, 0.5) is 8.78 Å². The highest BCUT2D eigenvalue weighted by molar-refractivity contribution is 7.99. The smallest absolute Gasteiger partial charge is 0.313 e. The number of amides is 1. The predicted octanol–water partition coefficient (Wildman–Crippen LogP) is 1.67. The van der Waals surface area contributed by atoms with Gasteiger partial charge in [0.1, 0.15) is 5.75 Å². The molecule has 1 aromatic carbocycles. The van der Waals surface area contributed by atoms with Crippen LogP contribution in [-0.4, -0.2) is 41.1 Å². The van der Waals surface area contributed by atoms with Crippen molar-refractivity contribution in [3.05, 3.63) is 29.8 Å². The molecule has 5 nitrogen and oxygen atoms in total. The fourth-order valence-corrected chi connectivity index (χ4v) is 1.92. The van der Waals surface area contributed by atoms with Gasteiger partial charge in [-0.25, -0.2) is 8.78 Å². The topological polar surface area (TPSA) is 75.6 Å². The van der Waals surface area contributed by atoms with Crippen molar-refractivity contribution in [3.63, 3.8) is 0 Å². The van der Waals surface area contributed by atoms with E-state index >= 15 is 0 Å². The number of carbonyl (C=O) groups is 2. The number of ether oxygens (including phenoxy) is 1. The molecule has 21 heavy (non-hydrogen) atoms. The molecule has 0 saturated heterocycles. The van der Waals surface area contributed by atoms with Crippen LogP contribution in [0.15, 0.2) is 18.2 Å². The molecular weight excluding hydrogens is 304 g/mol. The van der Waals surface area contributed by atoms with Crippen molar-refractivity contribution in [1.29, 1.82) is 0 Å². The first kappa shape index (κ1) is 17.2. The number of rotatable bonds is 8. The number of carboxylic acids is 1. The van der Waals surface area contributed by atoms with E-state index in [1.54, 1.807) is 0 Å². The van der Waals surface area contributed by atoms with Crippen LogP contribution in [0.1, 0.15) is 6.92 Å². The van der Waals surface area contributed by atoms with Crippen LogP contribution in [0, 0.1) is 11.6 Å². The third kappa shape index (κ3) is 6.44. The van der Waals surface area contributed by atoms with E-state index in [-0.39, 0.29) is 11.5 Å². The summed E-state index contributed by atoms with van der Waals surface area (Å²) in [5.41, 5.74) is 0. The van der Waals surface area contributed by atoms with Crippen LogP contribution in [0.2, 0.25) is 0 Å². The summed E-state index contributed by atoms with van der Waals surface area (Å²) in [7, 11) is 0. The fraction of sp³-hybridized carbons (Fsp3) is 0.385. The molecule has 1 aromatic rings. The Balaban J connectivity index is 2.33. The first-order valence-electron chi connectivity index (χ1n) is 6.09. The van der Waals surface area contributed by atoms with Crippen LogP contribution < -0.4 is 10.1 Å². The molecule has 0 fully saturated rings. The predicted molar refractivity (Wildman–Crippen MR) is 74.4 cm³/mol. The molecule has 1 rings (SSSR count). The Hall–Kier alpha value is -1.83. The molecule has 0 saturated carbocycles. The van der Waals surface area contributed by atoms with Crippen molar-refractivity contribution in [2.45, 2.75) is 13.0 Å². The lowest BCUT2D eigenvalue weighted by molar-refractivity contribution is -0.134. The van der Waals surface area contributed by atoms with Crippen molar-refractivity contribution in [2.75, 3.05) is 18.1 Å². The Morgan fingerprint density at radius 3 is 2.71 bits per heavy atom. The van der Waals surface area contributed by atoms with Crippen LogP contribution >= 0.6 is 11.8 Å². The number of carboxylic acid groups (broad SMARTS) is 1. The molecule has 1 amide bonds. The summed E-state index contributed by atoms with van der Waals surface area (Å²) in [4.78, 5) is 21.9. The van der Waals surface area contributed by atoms with Gasteiger partial charge in [0.25, 0.3) is 5.91 Å². The number of benzene rings is 1. The van der Waals surface area contributed by atoms with Crippen molar-refractivity contribution in [1.82, 2.24) is 5.32 Å². The van der Waals surface area contributed by atoms with E-state index in [0.29, 0.717) is 12.3 Å². The van der Waals surface area contributed by atoms with Crippen molar-refractivity contribution in [2.24, 2.45) is 0 Å². The van der Waals surface area contributed by atoms with Gasteiger partial charge in [0.2, 0.25) is 0 Å². The minimum atomic E-state index is -1.05. The van der Waals surface area contributed by atoms with Gasteiger partial charge in [-0.1, -0.05) is 0 Å². The summed E-state index contributed by atoms with van der Waals surface area (Å²) in [5.74, 6) is -2.90. The van der Waals surface area contributed by atoms with Gasteiger partial charge in [0, 0.05) is 18.4 Å². The number of nitrogens with one attached hydrogen (secondary N) is 1. The molecule has 8 heteroatoms. The molecule has 0 spiro atoms. The normalized spacial score (nSPS) is 11.8. The van der Waals surface area contributed by atoms with Gasteiger partial charge in [-0.05, 0) is 19.1 Å². The fourth-order valence-electron chi connectivity index (χ4n) is 1.36. The van der Waals surface area contributed by atoms with E-state index in [1.807, 2.05) is 0 Å². The Kier molecular flexibility index (Phi) is 6.93. The third-order valence-electron chi connectivity index (χ3n) is 2.34. The average molecular weight is 319 g/mol. The number of aliphatic carboxylic acids is 1. The molecule has 116 valence electrons. The van der Waals surface area contributed by atoms with E-state index in [0.717, 1.165) is 12.1 Å². The lowest BCUT2D eigenvalue weighted by atomic mass is 10.3. The summed E-state index contributed by atoms with van der Waals surface area (Å²) in [6.45, 7) is 1.77. The van der Waals surface area contributed by atoms with E-state index in [1.165, 1.54) is 24.8 Å². The summed E-state index contributed by atoms with van der Waals surface area (Å²) in [6, 6.07) is 3.00. The molecule has 0 heterocycles. The molecule has 0 aliphatic heterocycles. The maximum Gasteiger partial charge on any atom is 0.313 e. The van der Waals surface area contributed by atoms with Crippen LogP contribution in [0.5, 0.6) is 5.75 Å². The second-order valence-corrected chi connectivity index (χ2v) is 5.18. The Morgan fingerprint density at radius 2 is 2.10 bits per heavy atom. The Morgan fingerprint density at radius 1 is 1.38 bits per heavy atom. The van der Waals surface area contributed by atoms with E-state index in [9.17, 15) is 18.4 Å². The Labute approximate surface area is 124 Å². The summed E-state index contributed by atoms with van der Waals surface area (Å²) in [6.07, 6.45) is -0.876. The number of halogens is 2. The van der Waals surface area contributed by atoms with E-state index in [4.69, 9.17) is 9.84 Å². The molecule has 0 aliphatic rings. The zero-order valence-electron chi connectivity index (χ0n) is 11.3. The first-order valence-corrected chi connectivity index (χ1v) is 7.24. The number of hydrogen-bond acceptors (Lipinski definition) is 4. The number of carbonyl (C=O) groups excluding carboxylic acids is 1. The quantitative estimate of drug-likeness (QED) is 0.713. The minimum Gasteiger partial charge on any atom is -0.481 e. The monoisotopic (exact) mass is 319 g/mol. The molecule has 0 bridgehead atoms. The highest BCUT2D eigenvalue weighted by Crippen LogP contribution is 2.16. The van der Waals surface area contributed by atoms with Gasteiger partial charge < -0.3 is 15.2 Å². The lowest BCUT2D eigenvalue weighted by Crippen LogP contribution is -2.37. The van der Waals surface area contributed by atoms with Gasteiger partial charge in [-0.2, -0.15) is 0 Å². The van der Waals surface area contributed by atoms with Gasteiger partial charge in [-0.3, -0.25) is 9.59 Å². The van der Waals surface area contributed by atoms with Crippen LogP contribution in [-0.2, 0) is 9.59 Å². The zero-order chi connectivity index (χ0) is 15.8. The summed E-state index contributed by atoms with van der Waals surface area (Å²) < 4.78 is 30.9. The largest absolute Gasteiger partial charge is 0.481 e. The minimum absolute atomic E-state index is 0.0310. The zero-order valence-corrected chi connectivity index (χ0v) is 12.1. The molecule has 0 radical (unpaired) electrons. The molecule has 2 N–H and O–H groups in total. The van der Waals surface area contributed by atoms with Crippen LogP contribution in [0.25, 0.3) is 0 Å². The Bertz CT molecular complexity index is 513. The van der Waals surface area contributed by atoms with E-state index < -0.39 is 29.6 Å². The third-order valence-corrected chi connectivity index (χ3v) is 3.29. The lowest BCUT2D eigenvalue weighted by Gasteiger charge is -2.14. The number of thioether (sulfide) groups is 1. The molecule has 0 aliphatic carbocycles. The van der Waals surface area contributed by atoms with Crippen molar-refractivity contribution < 1.29 is 28.2 Å². The number of hydrogen-bond donors (Lipinski definition) is 2. The van der Waals surface area contributed by atoms with Gasteiger partial charge in [0.05, 0.1) is 5.75 Å².